The van der Waals surface area contributed by atoms with Gasteiger partial charge in [-0.3, -0.25) is 0 Å². The Morgan fingerprint density at radius 2 is 2.33 bits per heavy atom. The summed E-state index contributed by atoms with van der Waals surface area (Å²) in [5.41, 5.74) is 2.02. The molecule has 1 aromatic rings. The Labute approximate surface area is 79.3 Å². The van der Waals surface area contributed by atoms with E-state index in [0.717, 1.165) is 21.3 Å². The van der Waals surface area contributed by atoms with Crippen molar-refractivity contribution in [3.63, 3.8) is 0 Å². The Bertz CT molecular complexity index is 323. The summed E-state index contributed by atoms with van der Waals surface area (Å²) in [6.45, 7) is 2.37. The molecule has 0 radical (unpaired) electrons. The van der Waals surface area contributed by atoms with Gasteiger partial charge in [0.2, 0.25) is 0 Å². The summed E-state index contributed by atoms with van der Waals surface area (Å²) in [7, 11) is 0. The van der Waals surface area contributed by atoms with E-state index >= 15 is 0 Å². The third-order valence-electron chi connectivity index (χ3n) is 1.96. The van der Waals surface area contributed by atoms with Gasteiger partial charge in [-0.05, 0) is 40.5 Å². The van der Waals surface area contributed by atoms with E-state index in [4.69, 9.17) is 4.74 Å². The Hall–Kier alpha value is -0.540. The fourth-order valence-electron chi connectivity index (χ4n) is 1.41. The highest BCUT2D eigenvalue weighted by molar-refractivity contribution is 9.10. The molecule has 2 nitrogen and oxygen atoms in total. The molecule has 1 heterocycles. The van der Waals surface area contributed by atoms with Gasteiger partial charge in [0.1, 0.15) is 18.5 Å². The van der Waals surface area contributed by atoms with Gasteiger partial charge in [0.25, 0.3) is 0 Å². The monoisotopic (exact) mass is 228 g/mol. The van der Waals surface area contributed by atoms with E-state index in [1.165, 1.54) is 0 Å². The first-order valence-corrected chi connectivity index (χ1v) is 4.58. The fraction of sp³-hybridized carbons (Fsp3) is 0.333. The molecule has 3 heteroatoms. The van der Waals surface area contributed by atoms with Crippen LogP contribution < -0.4 is 4.74 Å². The Kier molecular flexibility index (Phi) is 1.85. The van der Waals surface area contributed by atoms with E-state index in [0.29, 0.717) is 6.61 Å². The lowest BCUT2D eigenvalue weighted by atomic mass is 10.1. The lowest BCUT2D eigenvalue weighted by molar-refractivity contribution is 0.140. The number of aliphatic hydroxyl groups excluding tert-OH is 1. The number of fused-ring (bicyclic) bond motifs is 1. The molecule has 2 rings (SSSR count). The zero-order valence-electron chi connectivity index (χ0n) is 6.67. The van der Waals surface area contributed by atoms with Gasteiger partial charge >= 0.3 is 0 Å². The van der Waals surface area contributed by atoms with Crippen LogP contribution in [-0.4, -0.2) is 11.7 Å². The largest absolute Gasteiger partial charge is 0.489 e. The van der Waals surface area contributed by atoms with Gasteiger partial charge < -0.3 is 9.84 Å². The lowest BCUT2D eigenvalue weighted by Gasteiger charge is -2.03. The number of aliphatic hydroxyl groups is 1. The van der Waals surface area contributed by atoms with Gasteiger partial charge in [-0.15, -0.1) is 0 Å². The quantitative estimate of drug-likeness (QED) is 0.738. The van der Waals surface area contributed by atoms with E-state index in [1.54, 1.807) is 0 Å². The highest BCUT2D eigenvalue weighted by Gasteiger charge is 2.23. The van der Waals surface area contributed by atoms with Crippen molar-refractivity contribution in [3.8, 4) is 5.75 Å². The summed E-state index contributed by atoms with van der Waals surface area (Å²) >= 11 is 3.39. The summed E-state index contributed by atoms with van der Waals surface area (Å²) in [4.78, 5) is 0. The molecule has 1 unspecified atom stereocenters. The first-order chi connectivity index (χ1) is 5.68. The second kappa shape index (κ2) is 2.75. The van der Waals surface area contributed by atoms with Crippen molar-refractivity contribution in [3.05, 3.63) is 27.7 Å². The highest BCUT2D eigenvalue weighted by atomic mass is 79.9. The van der Waals surface area contributed by atoms with E-state index in [2.05, 4.69) is 15.9 Å². The molecule has 1 aromatic carbocycles. The first-order valence-electron chi connectivity index (χ1n) is 3.79. The molecule has 0 amide bonds. The predicted molar refractivity (Wildman–Crippen MR) is 49.3 cm³/mol. The van der Waals surface area contributed by atoms with Crippen molar-refractivity contribution in [2.45, 2.75) is 13.0 Å². The molecule has 0 aliphatic carbocycles. The molecule has 1 aliphatic heterocycles. The van der Waals surface area contributed by atoms with Crippen LogP contribution in [-0.2, 0) is 0 Å². The van der Waals surface area contributed by atoms with Gasteiger partial charge in [0.05, 0.1) is 4.47 Å². The van der Waals surface area contributed by atoms with Gasteiger partial charge in [-0.2, -0.15) is 0 Å². The zero-order chi connectivity index (χ0) is 8.72. The van der Waals surface area contributed by atoms with E-state index in [1.807, 2.05) is 19.1 Å². The van der Waals surface area contributed by atoms with Crippen molar-refractivity contribution >= 4 is 15.9 Å². The van der Waals surface area contributed by atoms with Crippen LogP contribution in [0.4, 0.5) is 0 Å². The number of hydrogen-bond acceptors (Lipinski definition) is 2. The van der Waals surface area contributed by atoms with E-state index in [9.17, 15) is 5.11 Å². The van der Waals surface area contributed by atoms with Crippen LogP contribution in [0.3, 0.4) is 0 Å². The Morgan fingerprint density at radius 3 is 3.08 bits per heavy atom. The Morgan fingerprint density at radius 1 is 1.58 bits per heavy atom. The molecular weight excluding hydrogens is 220 g/mol. The summed E-state index contributed by atoms with van der Waals surface area (Å²) in [6.07, 6.45) is -0.462. The van der Waals surface area contributed by atoms with Gasteiger partial charge in [-0.25, -0.2) is 0 Å². The maximum atomic E-state index is 9.48. The number of ether oxygens (including phenoxy) is 1. The molecule has 0 fully saturated rings. The van der Waals surface area contributed by atoms with Crippen LogP contribution in [0.15, 0.2) is 16.6 Å². The van der Waals surface area contributed by atoms with E-state index in [-0.39, 0.29) is 0 Å². The van der Waals surface area contributed by atoms with Crippen molar-refractivity contribution in [1.29, 1.82) is 0 Å². The first kappa shape index (κ1) is 8.08. The second-order valence-corrected chi connectivity index (χ2v) is 3.85. The number of halogens is 1. The van der Waals surface area contributed by atoms with Gasteiger partial charge in [0.15, 0.2) is 0 Å². The van der Waals surface area contributed by atoms with Crippen LogP contribution in [0.2, 0.25) is 0 Å². The lowest BCUT2D eigenvalue weighted by Crippen LogP contribution is -1.97. The van der Waals surface area contributed by atoms with Crippen LogP contribution in [0.5, 0.6) is 5.75 Å². The maximum Gasteiger partial charge on any atom is 0.139 e. The van der Waals surface area contributed by atoms with Crippen LogP contribution in [0.25, 0.3) is 0 Å². The van der Waals surface area contributed by atoms with Crippen molar-refractivity contribution in [2.24, 2.45) is 0 Å². The summed E-state index contributed by atoms with van der Waals surface area (Å²) < 4.78 is 6.22. The normalized spacial score (nSPS) is 20.4. The van der Waals surface area contributed by atoms with Crippen molar-refractivity contribution in [1.82, 2.24) is 0 Å². The average molecular weight is 229 g/mol. The predicted octanol–water partition coefficient (Wildman–Crippen LogP) is 2.18. The molecule has 64 valence electrons. The van der Waals surface area contributed by atoms with Crippen LogP contribution in [0, 0.1) is 6.92 Å². The molecule has 12 heavy (non-hydrogen) atoms. The summed E-state index contributed by atoms with van der Waals surface area (Å²) in [5, 5.41) is 9.48. The molecule has 0 saturated carbocycles. The SMILES string of the molecule is Cc1cc(Br)c2c(c1)C(O)CO2. The molecule has 0 bridgehead atoms. The van der Waals surface area contributed by atoms with Crippen LogP contribution >= 0.6 is 15.9 Å². The van der Waals surface area contributed by atoms with Crippen molar-refractivity contribution in [2.75, 3.05) is 6.61 Å². The topological polar surface area (TPSA) is 29.5 Å². The van der Waals surface area contributed by atoms with Gasteiger partial charge in [0, 0.05) is 5.56 Å². The number of rotatable bonds is 0. The van der Waals surface area contributed by atoms with Crippen molar-refractivity contribution < 1.29 is 9.84 Å². The number of hydrogen-bond donors (Lipinski definition) is 1. The number of benzene rings is 1. The molecule has 0 aromatic heterocycles. The standard InChI is InChI=1S/C9H9BrO2/c1-5-2-6-8(11)4-12-9(6)7(10)3-5/h2-3,8,11H,4H2,1H3. The summed E-state index contributed by atoms with van der Waals surface area (Å²) in [5.74, 6) is 0.785. The van der Waals surface area contributed by atoms with Crippen LogP contribution in [0.1, 0.15) is 17.2 Å². The molecule has 1 N–H and O–H groups in total. The summed E-state index contributed by atoms with van der Waals surface area (Å²) in [6, 6.07) is 3.94. The minimum atomic E-state index is -0.462. The van der Waals surface area contributed by atoms with E-state index < -0.39 is 6.10 Å². The Balaban J connectivity index is 2.60. The highest BCUT2D eigenvalue weighted by Crippen LogP contribution is 2.39. The van der Waals surface area contributed by atoms with Gasteiger partial charge in [-0.1, -0.05) is 0 Å². The minimum Gasteiger partial charge on any atom is -0.489 e. The molecular formula is C9H9BrO2. The molecule has 1 atom stereocenters. The smallest absolute Gasteiger partial charge is 0.139 e. The third kappa shape index (κ3) is 1.13. The molecule has 0 saturated heterocycles. The molecule has 0 spiro atoms. The molecule has 1 aliphatic rings. The second-order valence-electron chi connectivity index (χ2n) is 2.99. The average Bonchev–Trinajstić information content (AvgIpc) is 2.33. The zero-order valence-corrected chi connectivity index (χ0v) is 8.26. The number of aryl methyl sites for hydroxylation is 1. The fourth-order valence-corrected chi connectivity index (χ4v) is 2.11. The maximum absolute atomic E-state index is 9.48. The third-order valence-corrected chi connectivity index (χ3v) is 2.55. The minimum absolute atomic E-state index is 0.372.